The molecule has 1 saturated carbocycles. The van der Waals surface area contributed by atoms with Gasteiger partial charge in [-0.2, -0.15) is 0 Å². The fraction of sp³-hybridized carbons (Fsp3) is 0.533. The van der Waals surface area contributed by atoms with Gasteiger partial charge in [0, 0.05) is 17.9 Å². The summed E-state index contributed by atoms with van der Waals surface area (Å²) in [5.74, 6) is -0.0221. The minimum absolute atomic E-state index is 0.0221. The predicted octanol–water partition coefficient (Wildman–Crippen LogP) is 1.59. The number of carbonyl (C=O) groups excluding carboxylic acids is 1. The van der Waals surface area contributed by atoms with Crippen LogP contribution in [0.15, 0.2) is 24.3 Å². The second-order valence-corrected chi connectivity index (χ2v) is 6.33. The lowest BCUT2D eigenvalue weighted by Gasteiger charge is -2.31. The van der Waals surface area contributed by atoms with Crippen molar-refractivity contribution in [2.45, 2.75) is 30.4 Å². The van der Waals surface area contributed by atoms with Crippen LogP contribution in [-0.2, 0) is 9.53 Å². The first kappa shape index (κ1) is 14.6. The van der Waals surface area contributed by atoms with Crippen LogP contribution in [0.5, 0.6) is 0 Å². The van der Waals surface area contributed by atoms with Gasteiger partial charge in [0.1, 0.15) is 6.61 Å². The topological polar surface area (TPSA) is 61.8 Å². The summed E-state index contributed by atoms with van der Waals surface area (Å²) in [6.07, 6.45) is 0.671. The molecule has 1 saturated heterocycles. The number of alkyl halides is 1. The van der Waals surface area contributed by atoms with E-state index in [2.05, 4.69) is 5.32 Å². The summed E-state index contributed by atoms with van der Waals surface area (Å²) < 4.78 is 5.31. The molecule has 3 rings (SSSR count). The maximum absolute atomic E-state index is 11.9. The van der Waals surface area contributed by atoms with E-state index < -0.39 is 5.60 Å². The van der Waals surface area contributed by atoms with Crippen LogP contribution in [0.1, 0.15) is 13.3 Å². The number of halogens is 1. The van der Waals surface area contributed by atoms with Crippen molar-refractivity contribution in [1.82, 2.24) is 0 Å². The molecule has 1 aliphatic carbocycles. The minimum Gasteiger partial charge on any atom is -0.386 e. The quantitative estimate of drug-likeness (QED) is 0.829. The number of hydrogen-bond acceptors (Lipinski definition) is 4. The number of rotatable bonds is 4. The summed E-state index contributed by atoms with van der Waals surface area (Å²) in [7, 11) is 0. The van der Waals surface area contributed by atoms with E-state index in [-0.39, 0.29) is 24.0 Å². The van der Waals surface area contributed by atoms with Gasteiger partial charge in [-0.3, -0.25) is 4.79 Å². The van der Waals surface area contributed by atoms with Gasteiger partial charge >= 0.3 is 0 Å². The number of ether oxygens (including phenoxy) is 1. The van der Waals surface area contributed by atoms with E-state index in [1.54, 1.807) is 4.90 Å². The van der Waals surface area contributed by atoms with E-state index in [1.165, 1.54) is 0 Å². The van der Waals surface area contributed by atoms with Crippen LogP contribution in [-0.4, -0.2) is 47.8 Å². The Kier molecular flexibility index (Phi) is 3.82. The molecule has 1 unspecified atom stereocenters. The molecule has 1 aliphatic heterocycles. The van der Waals surface area contributed by atoms with Crippen LogP contribution >= 0.6 is 11.6 Å². The Hall–Kier alpha value is -1.30. The lowest BCUT2D eigenvalue weighted by atomic mass is 10.2. The van der Waals surface area contributed by atoms with Crippen LogP contribution < -0.4 is 10.2 Å². The largest absolute Gasteiger partial charge is 0.386 e. The predicted molar refractivity (Wildman–Crippen MR) is 81.9 cm³/mol. The van der Waals surface area contributed by atoms with Gasteiger partial charge in [-0.05, 0) is 37.6 Å². The van der Waals surface area contributed by atoms with Gasteiger partial charge in [0.25, 0.3) is 5.91 Å². The fourth-order valence-electron chi connectivity index (χ4n) is 2.40. The Morgan fingerprint density at radius 1 is 1.48 bits per heavy atom. The summed E-state index contributed by atoms with van der Waals surface area (Å²) in [5, 5.41) is 12.9. The smallest absolute Gasteiger partial charge is 0.253 e. The molecule has 2 aliphatic rings. The van der Waals surface area contributed by atoms with Crippen molar-refractivity contribution in [3.63, 3.8) is 0 Å². The van der Waals surface area contributed by atoms with E-state index in [0.29, 0.717) is 19.5 Å². The Bertz CT molecular complexity index is 536. The standard InChI is InChI=1S/C15H19ClN2O3/c1-10-7-18(14(19)8-21-10)12-4-2-11(3-5-12)17-9-15(20)6-13(15)16/h2-5,10,13,17,20H,6-9H2,1H3/t10-,13-,15?/m1/s1. The van der Waals surface area contributed by atoms with Gasteiger partial charge in [-0.25, -0.2) is 0 Å². The summed E-state index contributed by atoms with van der Waals surface area (Å²) >= 11 is 5.87. The average Bonchev–Trinajstić information content (AvgIpc) is 3.08. The first-order chi connectivity index (χ1) is 9.98. The molecule has 3 atom stereocenters. The highest BCUT2D eigenvalue weighted by atomic mass is 35.5. The third-order valence-electron chi connectivity index (χ3n) is 3.97. The molecule has 0 bridgehead atoms. The molecule has 21 heavy (non-hydrogen) atoms. The lowest BCUT2D eigenvalue weighted by molar-refractivity contribution is -0.128. The molecule has 0 radical (unpaired) electrons. The van der Waals surface area contributed by atoms with Crippen LogP contribution in [0.4, 0.5) is 11.4 Å². The molecule has 5 nitrogen and oxygen atoms in total. The third-order valence-corrected chi connectivity index (χ3v) is 4.53. The van der Waals surface area contributed by atoms with Crippen LogP contribution in [0.3, 0.4) is 0 Å². The van der Waals surface area contributed by atoms with Crippen molar-refractivity contribution in [1.29, 1.82) is 0 Å². The lowest BCUT2D eigenvalue weighted by Crippen LogP contribution is -2.45. The Morgan fingerprint density at radius 2 is 2.14 bits per heavy atom. The van der Waals surface area contributed by atoms with Crippen molar-refractivity contribution in [3.8, 4) is 0 Å². The fourth-order valence-corrected chi connectivity index (χ4v) is 2.75. The Morgan fingerprint density at radius 3 is 2.76 bits per heavy atom. The van der Waals surface area contributed by atoms with Crippen molar-refractivity contribution >= 4 is 28.9 Å². The average molecular weight is 311 g/mol. The maximum Gasteiger partial charge on any atom is 0.253 e. The summed E-state index contributed by atoms with van der Waals surface area (Å²) in [4.78, 5) is 13.6. The molecular weight excluding hydrogens is 292 g/mol. The first-order valence-corrected chi connectivity index (χ1v) is 7.54. The molecular formula is C15H19ClN2O3. The second-order valence-electron chi connectivity index (χ2n) is 5.80. The molecule has 1 amide bonds. The number of amides is 1. The highest BCUT2D eigenvalue weighted by Gasteiger charge is 2.51. The summed E-state index contributed by atoms with van der Waals surface area (Å²) in [6, 6.07) is 7.59. The normalized spacial score (nSPS) is 32.1. The highest BCUT2D eigenvalue weighted by Crippen LogP contribution is 2.41. The number of benzene rings is 1. The zero-order valence-corrected chi connectivity index (χ0v) is 12.6. The van der Waals surface area contributed by atoms with Crippen molar-refractivity contribution in [3.05, 3.63) is 24.3 Å². The molecule has 0 spiro atoms. The second kappa shape index (κ2) is 5.48. The van der Waals surface area contributed by atoms with Crippen molar-refractivity contribution < 1.29 is 14.6 Å². The molecule has 1 aromatic carbocycles. The van der Waals surface area contributed by atoms with E-state index in [4.69, 9.17) is 16.3 Å². The van der Waals surface area contributed by atoms with Gasteiger partial charge in [0.2, 0.25) is 0 Å². The Labute approximate surface area is 128 Å². The van der Waals surface area contributed by atoms with E-state index in [1.807, 2.05) is 31.2 Å². The third kappa shape index (κ3) is 3.15. The minimum atomic E-state index is -0.782. The number of morpholine rings is 1. The number of hydrogen-bond donors (Lipinski definition) is 2. The molecule has 2 N–H and O–H groups in total. The SMILES string of the molecule is C[C@@H]1CN(c2ccc(NCC3(O)C[C@H]3Cl)cc2)C(=O)CO1. The van der Waals surface area contributed by atoms with Crippen LogP contribution in [0.25, 0.3) is 0 Å². The van der Waals surface area contributed by atoms with Crippen molar-refractivity contribution in [2.75, 3.05) is 29.9 Å². The van der Waals surface area contributed by atoms with Gasteiger partial charge in [0.05, 0.1) is 23.6 Å². The molecule has 0 aromatic heterocycles. The number of nitrogens with zero attached hydrogens (tertiary/aromatic N) is 1. The molecule has 6 heteroatoms. The molecule has 1 heterocycles. The summed E-state index contributed by atoms with van der Waals surface area (Å²) in [5.41, 5.74) is 0.980. The maximum atomic E-state index is 11.9. The van der Waals surface area contributed by atoms with Gasteiger partial charge in [-0.1, -0.05) is 0 Å². The van der Waals surface area contributed by atoms with Gasteiger partial charge in [-0.15, -0.1) is 11.6 Å². The number of carbonyl (C=O) groups is 1. The van der Waals surface area contributed by atoms with Gasteiger partial charge < -0.3 is 20.1 Å². The van der Waals surface area contributed by atoms with E-state index >= 15 is 0 Å². The molecule has 2 fully saturated rings. The zero-order valence-electron chi connectivity index (χ0n) is 11.9. The zero-order chi connectivity index (χ0) is 15.0. The Balaban J connectivity index is 1.62. The number of anilines is 2. The summed E-state index contributed by atoms with van der Waals surface area (Å²) in [6.45, 7) is 3.09. The van der Waals surface area contributed by atoms with Crippen LogP contribution in [0, 0.1) is 0 Å². The van der Waals surface area contributed by atoms with E-state index in [9.17, 15) is 9.90 Å². The molecule has 1 aromatic rings. The van der Waals surface area contributed by atoms with Crippen LogP contribution in [0.2, 0.25) is 0 Å². The number of nitrogens with one attached hydrogen (secondary N) is 1. The van der Waals surface area contributed by atoms with E-state index in [0.717, 1.165) is 11.4 Å². The van der Waals surface area contributed by atoms with Crippen molar-refractivity contribution in [2.24, 2.45) is 0 Å². The monoisotopic (exact) mass is 310 g/mol. The first-order valence-electron chi connectivity index (χ1n) is 7.10. The number of aliphatic hydroxyl groups is 1. The van der Waals surface area contributed by atoms with Gasteiger partial charge in [0.15, 0.2) is 0 Å². The highest BCUT2D eigenvalue weighted by molar-refractivity contribution is 6.23. The molecule has 114 valence electrons.